The number of nitriles is 1. The highest BCUT2D eigenvalue weighted by Crippen LogP contribution is 2.41. The summed E-state index contributed by atoms with van der Waals surface area (Å²) in [6.45, 7) is 8.85. The number of nitrogens with one attached hydrogen (secondary N) is 1. The van der Waals surface area contributed by atoms with E-state index in [0.29, 0.717) is 28.8 Å². The van der Waals surface area contributed by atoms with Crippen LogP contribution in [0.3, 0.4) is 0 Å². The number of fused-ring (bicyclic) bond motifs is 2. The summed E-state index contributed by atoms with van der Waals surface area (Å²) in [5, 5.41) is 31.8. The van der Waals surface area contributed by atoms with E-state index in [2.05, 4.69) is 51.9 Å². The minimum Gasteiger partial charge on any atom is -0.493 e. The predicted molar refractivity (Wildman–Crippen MR) is 157 cm³/mol. The van der Waals surface area contributed by atoms with E-state index < -0.39 is 11.9 Å². The quantitative estimate of drug-likeness (QED) is 0.232. The number of pyridine rings is 2. The second-order valence-corrected chi connectivity index (χ2v) is 12.1. The molecule has 1 saturated carbocycles. The molecule has 226 valence electrons. The minimum atomic E-state index is -0.828. The Morgan fingerprint density at radius 3 is 2.77 bits per heavy atom. The molecule has 0 aromatic carbocycles. The summed E-state index contributed by atoms with van der Waals surface area (Å²) in [4.78, 5) is 6.69. The smallest absolute Gasteiger partial charge is 0.176 e. The summed E-state index contributed by atoms with van der Waals surface area (Å²) in [6.07, 6.45) is 8.91. The van der Waals surface area contributed by atoms with Crippen molar-refractivity contribution in [2.75, 3.05) is 20.3 Å². The lowest BCUT2D eigenvalue weighted by molar-refractivity contribution is 0.0198. The van der Waals surface area contributed by atoms with Crippen LogP contribution in [0.5, 0.6) is 11.5 Å². The largest absolute Gasteiger partial charge is 0.493 e. The van der Waals surface area contributed by atoms with Crippen LogP contribution in [0.15, 0.2) is 36.8 Å². The van der Waals surface area contributed by atoms with Gasteiger partial charge in [-0.2, -0.15) is 15.5 Å². The van der Waals surface area contributed by atoms with Crippen LogP contribution < -0.4 is 14.8 Å². The molecule has 2 N–H and O–H groups in total. The van der Waals surface area contributed by atoms with Crippen LogP contribution in [-0.4, -0.2) is 66.7 Å². The first-order valence-electron chi connectivity index (χ1n) is 14.6. The number of hydrogen-bond acceptors (Lipinski definition) is 9. The van der Waals surface area contributed by atoms with Crippen LogP contribution >= 0.6 is 0 Å². The Morgan fingerprint density at radius 1 is 1.23 bits per heavy atom. The van der Waals surface area contributed by atoms with Gasteiger partial charge in [0.1, 0.15) is 5.82 Å². The first kappa shape index (κ1) is 28.9. The van der Waals surface area contributed by atoms with E-state index in [0.717, 1.165) is 61.9 Å². The van der Waals surface area contributed by atoms with Gasteiger partial charge in [-0.3, -0.25) is 14.6 Å². The molecule has 4 aromatic heterocycles. The van der Waals surface area contributed by atoms with Gasteiger partial charge >= 0.3 is 0 Å². The van der Waals surface area contributed by atoms with E-state index in [1.165, 1.54) is 17.8 Å². The van der Waals surface area contributed by atoms with Crippen molar-refractivity contribution in [1.82, 2.24) is 34.6 Å². The van der Waals surface area contributed by atoms with E-state index in [1.807, 2.05) is 12.3 Å². The fraction of sp³-hybridized carbons (Fsp3) is 0.484. The number of aromatic nitrogens is 5. The number of aliphatic hydroxyl groups excluding tert-OH is 1. The Bertz CT molecular complexity index is 1660. The number of ether oxygens (including phenoxy) is 2. The van der Waals surface area contributed by atoms with Crippen molar-refractivity contribution >= 4 is 5.52 Å². The Kier molecular flexibility index (Phi) is 7.70. The molecule has 12 heteroatoms. The lowest BCUT2D eigenvalue weighted by atomic mass is 9.70. The van der Waals surface area contributed by atoms with Gasteiger partial charge < -0.3 is 19.9 Å². The molecule has 3 atom stereocenters. The van der Waals surface area contributed by atoms with Crippen molar-refractivity contribution in [2.45, 2.75) is 71.3 Å². The molecule has 1 aliphatic carbocycles. The average molecular weight is 589 g/mol. The van der Waals surface area contributed by atoms with Gasteiger partial charge in [-0.25, -0.2) is 8.91 Å². The molecule has 4 aromatic rings. The zero-order valence-corrected chi connectivity index (χ0v) is 24.9. The van der Waals surface area contributed by atoms with Crippen molar-refractivity contribution in [3.63, 3.8) is 0 Å². The highest BCUT2D eigenvalue weighted by molar-refractivity contribution is 5.75. The maximum atomic E-state index is 13.5. The molecule has 0 radical (unpaired) electrons. The number of methoxy groups -OCH3 is 1. The summed E-state index contributed by atoms with van der Waals surface area (Å²) in [6, 6.07) is 5.32. The number of halogens is 1. The van der Waals surface area contributed by atoms with Gasteiger partial charge in [0.25, 0.3) is 0 Å². The van der Waals surface area contributed by atoms with Gasteiger partial charge in [-0.1, -0.05) is 13.8 Å². The molecular formula is C31H37FN8O3. The summed E-state index contributed by atoms with van der Waals surface area (Å²) < 4.78 is 29.2. The second kappa shape index (κ2) is 11.5. The van der Waals surface area contributed by atoms with Crippen LogP contribution in [-0.2, 0) is 13.1 Å². The summed E-state index contributed by atoms with van der Waals surface area (Å²) in [5.41, 5.74) is 4.99. The van der Waals surface area contributed by atoms with Crippen molar-refractivity contribution in [2.24, 2.45) is 5.41 Å². The van der Waals surface area contributed by atoms with E-state index in [1.54, 1.807) is 17.8 Å². The van der Waals surface area contributed by atoms with Crippen molar-refractivity contribution < 1.29 is 19.0 Å². The Hall–Kier alpha value is -4.21. The molecule has 1 aliphatic heterocycles. The molecule has 0 saturated heterocycles. The van der Waals surface area contributed by atoms with Crippen LogP contribution in [0.1, 0.15) is 56.2 Å². The van der Waals surface area contributed by atoms with E-state index in [-0.39, 0.29) is 18.1 Å². The molecule has 1 fully saturated rings. The summed E-state index contributed by atoms with van der Waals surface area (Å²) >= 11 is 0. The lowest BCUT2D eigenvalue weighted by Gasteiger charge is -2.48. The fourth-order valence-corrected chi connectivity index (χ4v) is 6.87. The van der Waals surface area contributed by atoms with Gasteiger partial charge in [0, 0.05) is 36.9 Å². The van der Waals surface area contributed by atoms with Crippen LogP contribution in [0.25, 0.3) is 16.8 Å². The molecule has 0 amide bonds. The van der Waals surface area contributed by atoms with Crippen LogP contribution in [0, 0.1) is 29.6 Å². The van der Waals surface area contributed by atoms with Crippen LogP contribution in [0.4, 0.5) is 4.39 Å². The van der Waals surface area contributed by atoms with E-state index in [9.17, 15) is 9.50 Å². The SMILES string of the molecule is COc1cnn2cc(-c3nn4c(c3C)CN(C3CCC(NC#N)CC3(C)C)CC4)cc(OC(CO)c3ccc(F)cn3)c12. The molecule has 6 rings (SSSR count). The lowest BCUT2D eigenvalue weighted by Crippen LogP contribution is -2.53. The highest BCUT2D eigenvalue weighted by Gasteiger charge is 2.41. The molecule has 5 heterocycles. The standard InChI is InChI=1S/C31H37FN8O3/c1-19-24-16-38(28-8-6-22(35-18-33)12-31(28,2)3)9-10-39(24)37-29(19)20-11-25(30-26(42-4)14-36-40(30)15-20)43-27(17-41)23-7-5-21(32)13-34-23/h5,7,11,13-15,22,27-28,35,41H,6,8-10,12,16-17H2,1-4H3. The zero-order chi connectivity index (χ0) is 30.3. The van der Waals surface area contributed by atoms with Crippen molar-refractivity contribution in [1.29, 1.82) is 5.26 Å². The Balaban J connectivity index is 1.32. The second-order valence-electron chi connectivity index (χ2n) is 12.1. The topological polar surface area (TPSA) is 126 Å². The predicted octanol–water partition coefficient (Wildman–Crippen LogP) is 3.99. The minimum absolute atomic E-state index is 0.0742. The van der Waals surface area contributed by atoms with Crippen LogP contribution in [0.2, 0.25) is 0 Å². The number of aliphatic hydroxyl groups is 1. The first-order valence-corrected chi connectivity index (χ1v) is 14.6. The van der Waals surface area contributed by atoms with E-state index in [4.69, 9.17) is 19.8 Å². The third kappa shape index (κ3) is 5.39. The number of nitrogens with zero attached hydrogens (tertiary/aromatic N) is 7. The van der Waals surface area contributed by atoms with Gasteiger partial charge in [-0.15, -0.1) is 0 Å². The van der Waals surface area contributed by atoms with Gasteiger partial charge in [0.15, 0.2) is 29.3 Å². The molecule has 0 bridgehead atoms. The van der Waals surface area contributed by atoms with E-state index >= 15 is 0 Å². The third-order valence-electron chi connectivity index (χ3n) is 9.00. The Morgan fingerprint density at radius 2 is 2.07 bits per heavy atom. The fourth-order valence-electron chi connectivity index (χ4n) is 6.87. The molecule has 43 heavy (non-hydrogen) atoms. The monoisotopic (exact) mass is 588 g/mol. The maximum Gasteiger partial charge on any atom is 0.176 e. The first-order chi connectivity index (χ1) is 20.7. The zero-order valence-electron chi connectivity index (χ0n) is 24.9. The summed E-state index contributed by atoms with van der Waals surface area (Å²) in [5.74, 6) is 0.491. The normalized spacial score (nSPS) is 20.8. The molecule has 11 nitrogen and oxygen atoms in total. The summed E-state index contributed by atoms with van der Waals surface area (Å²) in [7, 11) is 1.56. The maximum absolute atomic E-state index is 13.5. The van der Waals surface area contributed by atoms with Gasteiger partial charge in [0.2, 0.25) is 0 Å². The van der Waals surface area contributed by atoms with Gasteiger partial charge in [-0.05, 0) is 55.4 Å². The Labute approximate surface area is 249 Å². The molecule has 2 aliphatic rings. The van der Waals surface area contributed by atoms with Gasteiger partial charge in [0.05, 0.1) is 49.7 Å². The molecular weight excluding hydrogens is 551 g/mol. The highest BCUT2D eigenvalue weighted by atomic mass is 19.1. The van der Waals surface area contributed by atoms with Crippen molar-refractivity contribution in [3.05, 3.63) is 59.6 Å². The number of rotatable bonds is 8. The number of hydrogen-bond donors (Lipinski definition) is 2. The van der Waals surface area contributed by atoms with Crippen molar-refractivity contribution in [3.8, 4) is 28.9 Å². The average Bonchev–Trinajstić information content (AvgIpc) is 3.56. The third-order valence-corrected chi connectivity index (χ3v) is 9.00. The molecule has 0 spiro atoms. The molecule has 3 unspecified atom stereocenters.